The highest BCUT2D eigenvalue weighted by Crippen LogP contribution is 2.19. The van der Waals surface area contributed by atoms with E-state index in [0.29, 0.717) is 6.04 Å². The van der Waals surface area contributed by atoms with Crippen LogP contribution in [0, 0.1) is 12.0 Å². The monoisotopic (exact) mass is 109 g/mol. The lowest BCUT2D eigenvalue weighted by Gasteiger charge is -1.93. The Hall–Kier alpha value is -0.550. The Balaban J connectivity index is 2.16. The van der Waals surface area contributed by atoms with Crippen molar-refractivity contribution in [3.05, 3.63) is 4.85 Å². The molecule has 0 saturated carbocycles. The van der Waals surface area contributed by atoms with Crippen LogP contribution in [0.15, 0.2) is 0 Å². The SMILES string of the molecule is C1#[N+]CC2CCNC12. The minimum Gasteiger partial charge on any atom is -0.298 e. The molecule has 0 aliphatic carbocycles. The molecule has 1 N–H and O–H groups in total. The van der Waals surface area contributed by atoms with Gasteiger partial charge < -0.3 is 0 Å². The van der Waals surface area contributed by atoms with Crippen LogP contribution in [-0.2, 0) is 0 Å². The highest BCUT2D eigenvalue weighted by molar-refractivity contribution is 5.13. The summed E-state index contributed by atoms with van der Waals surface area (Å²) in [5.74, 6) is 0.787. The molecule has 2 heterocycles. The van der Waals surface area contributed by atoms with E-state index in [0.717, 1.165) is 19.0 Å². The summed E-state index contributed by atoms with van der Waals surface area (Å²) in [6.07, 6.45) is 1.29. The van der Waals surface area contributed by atoms with Crippen molar-refractivity contribution in [1.82, 2.24) is 5.32 Å². The van der Waals surface area contributed by atoms with Gasteiger partial charge in [-0.15, -0.1) is 0 Å². The Morgan fingerprint density at radius 2 is 2.62 bits per heavy atom. The topological polar surface area (TPSA) is 16.4 Å². The average Bonchev–Trinajstić information content (AvgIpc) is 2.15. The van der Waals surface area contributed by atoms with Gasteiger partial charge in [0.15, 0.2) is 6.04 Å². The first-order chi connectivity index (χ1) is 3.97. The number of nitrogens with zero attached hydrogens (tertiary/aromatic N) is 1. The van der Waals surface area contributed by atoms with Crippen molar-refractivity contribution < 1.29 is 0 Å². The number of fused-ring (bicyclic) bond motifs is 1. The predicted molar refractivity (Wildman–Crippen MR) is 32.0 cm³/mol. The molecular formula is C6H9N2+. The van der Waals surface area contributed by atoms with E-state index in [2.05, 4.69) is 16.2 Å². The maximum Gasteiger partial charge on any atom is 0.292 e. The summed E-state index contributed by atoms with van der Waals surface area (Å²) >= 11 is 0. The molecular weight excluding hydrogens is 100 g/mol. The summed E-state index contributed by atoms with van der Waals surface area (Å²) in [5.41, 5.74) is 0. The molecule has 0 spiro atoms. The van der Waals surface area contributed by atoms with Gasteiger partial charge in [-0.2, -0.15) is 0 Å². The predicted octanol–water partition coefficient (Wildman–Crippen LogP) is 0.311. The molecule has 2 aliphatic heterocycles. The smallest absolute Gasteiger partial charge is 0.292 e. The normalized spacial score (nSPS) is 41.0. The molecule has 0 aromatic heterocycles. The Bertz CT molecular complexity index is 154. The van der Waals surface area contributed by atoms with Crippen LogP contribution in [-0.4, -0.2) is 19.1 Å². The molecule has 0 radical (unpaired) electrons. The Morgan fingerprint density at radius 1 is 1.62 bits per heavy atom. The Labute approximate surface area is 48.7 Å². The van der Waals surface area contributed by atoms with Crippen molar-refractivity contribution in [2.24, 2.45) is 5.92 Å². The van der Waals surface area contributed by atoms with Crippen LogP contribution in [0.4, 0.5) is 0 Å². The molecule has 0 aromatic rings. The van der Waals surface area contributed by atoms with E-state index >= 15 is 0 Å². The largest absolute Gasteiger partial charge is 0.298 e. The maximum atomic E-state index is 4.06. The van der Waals surface area contributed by atoms with Crippen molar-refractivity contribution >= 4 is 0 Å². The van der Waals surface area contributed by atoms with Gasteiger partial charge in [0, 0.05) is 0 Å². The summed E-state index contributed by atoms with van der Waals surface area (Å²) in [4.78, 5) is 4.06. The van der Waals surface area contributed by atoms with Crippen LogP contribution in [0.25, 0.3) is 4.85 Å². The molecule has 2 aliphatic rings. The maximum absolute atomic E-state index is 4.06. The van der Waals surface area contributed by atoms with E-state index in [1.54, 1.807) is 0 Å². The van der Waals surface area contributed by atoms with Crippen LogP contribution >= 0.6 is 0 Å². The third-order valence-electron chi connectivity index (χ3n) is 1.91. The zero-order chi connectivity index (χ0) is 5.40. The van der Waals surface area contributed by atoms with Crippen molar-refractivity contribution in [3.8, 4) is 6.07 Å². The third kappa shape index (κ3) is 0.452. The highest BCUT2D eigenvalue weighted by Gasteiger charge is 2.36. The molecule has 0 amide bonds. The second kappa shape index (κ2) is 1.46. The van der Waals surface area contributed by atoms with E-state index in [4.69, 9.17) is 0 Å². The van der Waals surface area contributed by atoms with Gasteiger partial charge in [-0.05, 0) is 13.0 Å². The molecule has 2 unspecified atom stereocenters. The van der Waals surface area contributed by atoms with Crippen LogP contribution < -0.4 is 5.32 Å². The van der Waals surface area contributed by atoms with E-state index in [1.165, 1.54) is 6.42 Å². The van der Waals surface area contributed by atoms with Crippen molar-refractivity contribution in [2.75, 3.05) is 13.1 Å². The Kier molecular flexibility index (Phi) is 0.793. The van der Waals surface area contributed by atoms with Crippen molar-refractivity contribution in [1.29, 1.82) is 0 Å². The average molecular weight is 109 g/mol. The van der Waals surface area contributed by atoms with E-state index < -0.39 is 0 Å². The first-order valence-electron chi connectivity index (χ1n) is 3.12. The Morgan fingerprint density at radius 3 is 3.50 bits per heavy atom. The van der Waals surface area contributed by atoms with Gasteiger partial charge in [0.2, 0.25) is 0 Å². The van der Waals surface area contributed by atoms with Gasteiger partial charge in [0.05, 0.1) is 5.92 Å². The van der Waals surface area contributed by atoms with Gasteiger partial charge in [0.25, 0.3) is 12.6 Å². The van der Waals surface area contributed by atoms with Crippen LogP contribution in [0.3, 0.4) is 0 Å². The van der Waals surface area contributed by atoms with Crippen molar-refractivity contribution in [2.45, 2.75) is 12.5 Å². The van der Waals surface area contributed by atoms with Crippen LogP contribution in [0.5, 0.6) is 0 Å². The zero-order valence-electron chi connectivity index (χ0n) is 4.72. The second-order valence-electron chi connectivity index (χ2n) is 2.45. The van der Waals surface area contributed by atoms with Gasteiger partial charge in [-0.25, -0.2) is 0 Å². The first-order valence-corrected chi connectivity index (χ1v) is 3.12. The molecule has 1 saturated heterocycles. The molecule has 42 valence electrons. The molecule has 1 fully saturated rings. The van der Waals surface area contributed by atoms with Gasteiger partial charge in [-0.3, -0.25) is 5.32 Å². The zero-order valence-corrected chi connectivity index (χ0v) is 4.72. The molecule has 2 atom stereocenters. The molecule has 2 nitrogen and oxygen atoms in total. The minimum absolute atomic E-state index is 0.509. The molecule has 2 heteroatoms. The lowest BCUT2D eigenvalue weighted by Crippen LogP contribution is -2.22. The summed E-state index contributed by atoms with van der Waals surface area (Å²) in [7, 11) is 0. The summed E-state index contributed by atoms with van der Waals surface area (Å²) in [6, 6.07) is 3.54. The lowest BCUT2D eigenvalue weighted by molar-refractivity contribution is 0.584. The molecule has 8 heavy (non-hydrogen) atoms. The minimum atomic E-state index is 0.509. The number of hydrogen-bond donors (Lipinski definition) is 1. The third-order valence-corrected chi connectivity index (χ3v) is 1.91. The number of rotatable bonds is 0. The van der Waals surface area contributed by atoms with Gasteiger partial charge >= 0.3 is 0 Å². The quantitative estimate of drug-likeness (QED) is 0.473. The van der Waals surface area contributed by atoms with E-state index in [1.807, 2.05) is 0 Å². The highest BCUT2D eigenvalue weighted by atomic mass is 15.0. The molecule has 0 bridgehead atoms. The number of hydrogen-bond acceptors (Lipinski definition) is 1. The first kappa shape index (κ1) is 4.34. The van der Waals surface area contributed by atoms with Gasteiger partial charge in [-0.1, -0.05) is 4.85 Å². The molecule has 0 aromatic carbocycles. The van der Waals surface area contributed by atoms with Crippen LogP contribution in [0.1, 0.15) is 6.42 Å². The standard InChI is InChI=1S/C6H9N2/c1-2-8-6-4-7-3-5(1)6/h5-6,8H,1-3H2/q+1. The lowest BCUT2D eigenvalue weighted by atomic mass is 10.1. The number of nitrogens with one attached hydrogen (secondary N) is 1. The van der Waals surface area contributed by atoms with Crippen molar-refractivity contribution in [3.63, 3.8) is 0 Å². The summed E-state index contributed by atoms with van der Waals surface area (Å²) in [6.45, 7) is 2.18. The van der Waals surface area contributed by atoms with E-state index in [-0.39, 0.29) is 0 Å². The summed E-state index contributed by atoms with van der Waals surface area (Å²) < 4.78 is 0. The molecule has 2 rings (SSSR count). The second-order valence-corrected chi connectivity index (χ2v) is 2.45. The fourth-order valence-corrected chi connectivity index (χ4v) is 1.37. The fraction of sp³-hybridized carbons (Fsp3) is 0.833. The van der Waals surface area contributed by atoms with E-state index in [9.17, 15) is 0 Å². The van der Waals surface area contributed by atoms with Crippen LogP contribution in [0.2, 0.25) is 0 Å². The summed E-state index contributed by atoms with van der Waals surface area (Å²) in [5, 5.41) is 3.31. The fourth-order valence-electron chi connectivity index (χ4n) is 1.37. The van der Waals surface area contributed by atoms with Gasteiger partial charge in [0.1, 0.15) is 0 Å².